The summed E-state index contributed by atoms with van der Waals surface area (Å²) in [6.07, 6.45) is 2.98. The van der Waals surface area contributed by atoms with Crippen molar-refractivity contribution in [1.82, 2.24) is 9.97 Å². The van der Waals surface area contributed by atoms with Crippen LogP contribution in [0.2, 0.25) is 0 Å². The zero-order chi connectivity index (χ0) is 21.8. The molecule has 5 nitrogen and oxygen atoms in total. The van der Waals surface area contributed by atoms with Crippen molar-refractivity contribution in [3.05, 3.63) is 97.7 Å². The normalized spacial score (nSPS) is 10.6. The number of anilines is 1. The molecule has 4 rings (SSSR count). The highest BCUT2D eigenvalue weighted by Crippen LogP contribution is 2.25. The summed E-state index contributed by atoms with van der Waals surface area (Å²) in [6, 6.07) is 15.8. The average Bonchev–Trinajstić information content (AvgIpc) is 3.36. The molecule has 2 heterocycles. The molecular weight excluding hydrogens is 431 g/mol. The molecule has 154 valence electrons. The number of hydrogen-bond donors (Lipinski definition) is 1. The van der Waals surface area contributed by atoms with Crippen molar-refractivity contribution < 1.29 is 9.18 Å². The van der Waals surface area contributed by atoms with Crippen molar-refractivity contribution in [2.24, 2.45) is 0 Å². The number of amides is 1. The van der Waals surface area contributed by atoms with E-state index in [9.17, 15) is 9.18 Å². The largest absolute Gasteiger partial charge is 0.297 e. The van der Waals surface area contributed by atoms with Crippen LogP contribution in [0, 0.1) is 24.1 Å². The van der Waals surface area contributed by atoms with E-state index in [4.69, 9.17) is 5.26 Å². The first kappa shape index (κ1) is 20.8. The fourth-order valence-corrected chi connectivity index (χ4v) is 4.85. The van der Waals surface area contributed by atoms with Crippen LogP contribution in [0.3, 0.4) is 0 Å². The quantitative estimate of drug-likeness (QED) is 0.431. The lowest BCUT2D eigenvalue weighted by Crippen LogP contribution is -2.11. The summed E-state index contributed by atoms with van der Waals surface area (Å²) in [7, 11) is 0. The molecule has 2 aromatic carbocycles. The van der Waals surface area contributed by atoms with Gasteiger partial charge in [0.25, 0.3) is 5.91 Å². The number of aromatic nitrogens is 2. The highest BCUT2D eigenvalue weighted by molar-refractivity contribution is 7.16. The van der Waals surface area contributed by atoms with Gasteiger partial charge in [-0.1, -0.05) is 24.3 Å². The number of halogens is 1. The van der Waals surface area contributed by atoms with Gasteiger partial charge in [0, 0.05) is 23.9 Å². The smallest absolute Gasteiger partial charge is 0.269 e. The molecule has 8 heteroatoms. The van der Waals surface area contributed by atoms with Crippen LogP contribution in [0.5, 0.6) is 0 Å². The minimum atomic E-state index is -0.277. The summed E-state index contributed by atoms with van der Waals surface area (Å²) in [6.45, 7) is 1.80. The predicted octanol–water partition coefficient (Wildman–Crippen LogP) is 5.35. The lowest BCUT2D eigenvalue weighted by molar-refractivity contribution is 0.103. The molecular formula is C23H17FN4OS2. The second-order valence-corrected chi connectivity index (χ2v) is 9.10. The van der Waals surface area contributed by atoms with E-state index in [2.05, 4.69) is 21.4 Å². The number of thiazole rings is 2. The average molecular weight is 449 g/mol. The van der Waals surface area contributed by atoms with Gasteiger partial charge in [0.2, 0.25) is 0 Å². The van der Waals surface area contributed by atoms with Crippen molar-refractivity contribution in [3.8, 4) is 6.07 Å². The molecule has 0 saturated heterocycles. The van der Waals surface area contributed by atoms with E-state index < -0.39 is 0 Å². The van der Waals surface area contributed by atoms with Crippen molar-refractivity contribution in [2.45, 2.75) is 19.8 Å². The van der Waals surface area contributed by atoms with Crippen molar-refractivity contribution in [3.63, 3.8) is 0 Å². The van der Waals surface area contributed by atoms with Gasteiger partial charge in [-0.25, -0.2) is 14.4 Å². The Morgan fingerprint density at radius 3 is 2.45 bits per heavy atom. The summed E-state index contributed by atoms with van der Waals surface area (Å²) in [4.78, 5) is 23.1. The van der Waals surface area contributed by atoms with Crippen LogP contribution >= 0.6 is 22.7 Å². The zero-order valence-corrected chi connectivity index (χ0v) is 18.2. The second kappa shape index (κ2) is 9.16. The predicted molar refractivity (Wildman–Crippen MR) is 120 cm³/mol. The van der Waals surface area contributed by atoms with Crippen LogP contribution in [0.15, 0.2) is 54.7 Å². The van der Waals surface area contributed by atoms with Gasteiger partial charge in [0.05, 0.1) is 22.3 Å². The van der Waals surface area contributed by atoms with E-state index in [0.29, 0.717) is 34.1 Å². The van der Waals surface area contributed by atoms with Crippen LogP contribution in [0.1, 0.15) is 41.9 Å². The Balaban J connectivity index is 1.41. The van der Waals surface area contributed by atoms with Crippen LogP contribution in [0.25, 0.3) is 0 Å². The minimum absolute atomic E-state index is 0.236. The Kier molecular flexibility index (Phi) is 6.16. The van der Waals surface area contributed by atoms with Gasteiger partial charge in [-0.15, -0.1) is 22.7 Å². The number of aryl methyl sites for hydroxylation is 1. The van der Waals surface area contributed by atoms with E-state index in [1.54, 1.807) is 37.4 Å². The highest BCUT2D eigenvalue weighted by Gasteiger charge is 2.17. The number of carbonyl (C=O) groups is 1. The third-order valence-electron chi connectivity index (χ3n) is 4.55. The molecule has 0 saturated carbocycles. The summed E-state index contributed by atoms with van der Waals surface area (Å²) in [5, 5.41) is 13.1. The number of nitriles is 1. The van der Waals surface area contributed by atoms with Crippen molar-refractivity contribution in [1.29, 1.82) is 5.26 Å². The van der Waals surface area contributed by atoms with Gasteiger partial charge in [0.1, 0.15) is 10.7 Å². The van der Waals surface area contributed by atoms with Gasteiger partial charge >= 0.3 is 0 Å². The molecule has 4 aromatic rings. The first-order valence-corrected chi connectivity index (χ1v) is 11.1. The molecule has 31 heavy (non-hydrogen) atoms. The fraction of sp³-hybridized carbons (Fsp3) is 0.130. The van der Waals surface area contributed by atoms with Gasteiger partial charge < -0.3 is 0 Å². The van der Waals surface area contributed by atoms with Gasteiger partial charge in [0.15, 0.2) is 5.13 Å². The second-order valence-electron chi connectivity index (χ2n) is 6.90. The maximum absolute atomic E-state index is 13.1. The molecule has 0 fully saturated rings. The van der Waals surface area contributed by atoms with Crippen LogP contribution in [-0.4, -0.2) is 15.9 Å². The SMILES string of the molecule is Cc1nc(Cc2ccc(F)cc2)sc1C(=O)Nc1ncc(Cc2ccc(C#N)cc2)s1. The summed E-state index contributed by atoms with van der Waals surface area (Å²) < 4.78 is 13.1. The van der Waals surface area contributed by atoms with Crippen LogP contribution in [0.4, 0.5) is 9.52 Å². The van der Waals surface area contributed by atoms with Crippen molar-refractivity contribution >= 4 is 33.7 Å². The number of hydrogen-bond acceptors (Lipinski definition) is 6. The maximum atomic E-state index is 13.1. The molecule has 1 amide bonds. The Bertz CT molecular complexity index is 1250. The maximum Gasteiger partial charge on any atom is 0.269 e. The summed E-state index contributed by atoms with van der Waals surface area (Å²) in [5.41, 5.74) is 3.30. The first-order chi connectivity index (χ1) is 15.0. The number of rotatable bonds is 6. The number of carbonyl (C=O) groups excluding carboxylic acids is 1. The first-order valence-electron chi connectivity index (χ1n) is 9.46. The van der Waals surface area contributed by atoms with Gasteiger partial charge in [-0.2, -0.15) is 5.26 Å². The fourth-order valence-electron chi connectivity index (χ4n) is 3.01. The zero-order valence-electron chi connectivity index (χ0n) is 16.6. The molecule has 0 aliphatic carbocycles. The van der Waals surface area contributed by atoms with E-state index in [1.165, 1.54) is 34.8 Å². The van der Waals surface area contributed by atoms with Crippen LogP contribution < -0.4 is 5.32 Å². The summed E-state index contributed by atoms with van der Waals surface area (Å²) >= 11 is 2.75. The van der Waals surface area contributed by atoms with Crippen molar-refractivity contribution in [2.75, 3.05) is 5.32 Å². The van der Waals surface area contributed by atoms with E-state index in [0.717, 1.165) is 21.0 Å². The molecule has 0 atom stereocenters. The third kappa shape index (κ3) is 5.20. The summed E-state index contributed by atoms with van der Waals surface area (Å²) in [5.74, 6) is -0.513. The Morgan fingerprint density at radius 1 is 1.06 bits per heavy atom. The van der Waals surface area contributed by atoms with E-state index in [-0.39, 0.29) is 11.7 Å². The molecule has 0 radical (unpaired) electrons. The molecule has 0 aliphatic rings. The van der Waals surface area contributed by atoms with E-state index in [1.807, 2.05) is 12.1 Å². The Labute approximate surface area is 186 Å². The Hall–Kier alpha value is -3.41. The lowest BCUT2D eigenvalue weighted by atomic mass is 10.1. The molecule has 0 bridgehead atoms. The lowest BCUT2D eigenvalue weighted by Gasteiger charge is -2.00. The molecule has 2 aromatic heterocycles. The monoisotopic (exact) mass is 448 g/mol. The number of benzene rings is 2. The molecule has 0 unspecified atom stereocenters. The molecule has 0 spiro atoms. The Morgan fingerprint density at radius 2 is 1.74 bits per heavy atom. The molecule has 0 aliphatic heterocycles. The van der Waals surface area contributed by atoms with Gasteiger partial charge in [-0.3, -0.25) is 10.1 Å². The van der Waals surface area contributed by atoms with Crippen LogP contribution in [-0.2, 0) is 12.8 Å². The topological polar surface area (TPSA) is 78.7 Å². The highest BCUT2D eigenvalue weighted by atomic mass is 32.1. The number of nitrogens with zero attached hydrogens (tertiary/aromatic N) is 3. The molecule has 1 N–H and O–H groups in total. The third-order valence-corrected chi connectivity index (χ3v) is 6.62. The van der Waals surface area contributed by atoms with E-state index >= 15 is 0 Å². The number of nitrogens with one attached hydrogen (secondary N) is 1. The standard InChI is InChI=1S/C23H17FN4OS2/c1-14-21(31-20(27-14)11-16-6-8-18(24)9-7-16)22(29)28-23-26-13-19(30-23)10-15-2-4-17(12-25)5-3-15/h2-9,13H,10-11H2,1H3,(H,26,28,29). The minimum Gasteiger partial charge on any atom is -0.297 e. The van der Waals surface area contributed by atoms with Gasteiger partial charge in [-0.05, 0) is 42.3 Å².